The van der Waals surface area contributed by atoms with Gasteiger partial charge >= 0.3 is 0 Å². The van der Waals surface area contributed by atoms with E-state index in [0.717, 1.165) is 5.56 Å². The molecule has 1 N–H and O–H groups in total. The third kappa shape index (κ3) is 5.14. The van der Waals surface area contributed by atoms with E-state index in [9.17, 15) is 19.1 Å². The summed E-state index contributed by atoms with van der Waals surface area (Å²) in [5, 5.41) is 11.1. The molecule has 6 nitrogen and oxygen atoms in total. The summed E-state index contributed by atoms with van der Waals surface area (Å²) in [5.41, 5.74) is 1.15. The van der Waals surface area contributed by atoms with Gasteiger partial charge in [-0.3, -0.25) is 9.59 Å². The number of aliphatic hydroxyl groups is 1. The lowest BCUT2D eigenvalue weighted by Gasteiger charge is -2.26. The monoisotopic (exact) mass is 452 g/mol. The van der Waals surface area contributed by atoms with Crippen LogP contribution < -0.4 is 4.74 Å². The van der Waals surface area contributed by atoms with Gasteiger partial charge in [0.25, 0.3) is 11.7 Å². The molecule has 0 bridgehead atoms. The molecule has 33 heavy (non-hydrogen) atoms. The molecule has 1 aliphatic heterocycles. The molecule has 174 valence electrons. The van der Waals surface area contributed by atoms with Crippen LogP contribution in [0.1, 0.15) is 29.2 Å². The Labute approximate surface area is 193 Å². The number of nitrogens with zero attached hydrogens (tertiary/aromatic N) is 2. The van der Waals surface area contributed by atoms with E-state index in [2.05, 4.69) is 6.58 Å². The quantitative estimate of drug-likeness (QED) is 0.269. The van der Waals surface area contributed by atoms with Crippen LogP contribution in [0.25, 0.3) is 5.76 Å². The van der Waals surface area contributed by atoms with Crippen LogP contribution in [0.3, 0.4) is 0 Å². The maximum atomic E-state index is 14.8. The van der Waals surface area contributed by atoms with Crippen LogP contribution in [0, 0.1) is 12.7 Å². The highest BCUT2D eigenvalue weighted by atomic mass is 19.1. The van der Waals surface area contributed by atoms with Gasteiger partial charge in [-0.2, -0.15) is 0 Å². The molecule has 1 atom stereocenters. The fraction of sp³-hybridized carbons (Fsp3) is 0.308. The molecule has 0 aromatic heterocycles. The number of benzene rings is 2. The normalized spacial score (nSPS) is 17.6. The summed E-state index contributed by atoms with van der Waals surface area (Å²) in [4.78, 5) is 29.3. The minimum atomic E-state index is -1.01. The van der Waals surface area contributed by atoms with E-state index in [1.54, 1.807) is 36.4 Å². The molecule has 1 unspecified atom stereocenters. The molecule has 2 aromatic carbocycles. The van der Waals surface area contributed by atoms with Gasteiger partial charge in [-0.05, 0) is 63.8 Å². The number of rotatable bonds is 9. The van der Waals surface area contributed by atoms with Gasteiger partial charge in [0.15, 0.2) is 0 Å². The number of carbonyl (C=O) groups is 2. The lowest BCUT2D eigenvalue weighted by molar-refractivity contribution is -0.140. The van der Waals surface area contributed by atoms with Crippen LogP contribution in [0.5, 0.6) is 5.75 Å². The van der Waals surface area contributed by atoms with Crippen LogP contribution in [-0.2, 0) is 9.59 Å². The Balaban J connectivity index is 2.08. The molecule has 1 aliphatic rings. The van der Waals surface area contributed by atoms with E-state index in [-0.39, 0.29) is 23.4 Å². The fourth-order valence-electron chi connectivity index (χ4n) is 3.95. The maximum absolute atomic E-state index is 14.8. The van der Waals surface area contributed by atoms with E-state index in [1.165, 1.54) is 17.0 Å². The van der Waals surface area contributed by atoms with E-state index < -0.39 is 23.5 Å². The van der Waals surface area contributed by atoms with Crippen LogP contribution >= 0.6 is 0 Å². The van der Waals surface area contributed by atoms with Gasteiger partial charge in [-0.25, -0.2) is 4.39 Å². The summed E-state index contributed by atoms with van der Waals surface area (Å²) in [6.45, 7) is 6.71. The minimum absolute atomic E-state index is 0.117. The van der Waals surface area contributed by atoms with Crippen molar-refractivity contribution >= 4 is 17.4 Å². The SMILES string of the molecule is C=CCOc1ccc(C(O)=C2C(=O)C(=O)N(CCCN(C)C)C2c2ccccc2F)cc1C. The highest BCUT2D eigenvalue weighted by molar-refractivity contribution is 6.46. The van der Waals surface area contributed by atoms with E-state index in [4.69, 9.17) is 4.74 Å². The van der Waals surface area contributed by atoms with Crippen molar-refractivity contribution in [3.05, 3.63) is 83.2 Å². The van der Waals surface area contributed by atoms with Gasteiger partial charge in [0.2, 0.25) is 0 Å². The predicted molar refractivity (Wildman–Crippen MR) is 125 cm³/mol. The molecule has 0 radical (unpaired) electrons. The van der Waals surface area contributed by atoms with Gasteiger partial charge in [0, 0.05) is 17.7 Å². The van der Waals surface area contributed by atoms with E-state index in [1.807, 2.05) is 25.9 Å². The molecule has 0 spiro atoms. The first kappa shape index (κ1) is 24.2. The molecule has 1 fully saturated rings. The van der Waals surface area contributed by atoms with Gasteiger partial charge in [-0.1, -0.05) is 30.9 Å². The Morgan fingerprint density at radius 1 is 1.24 bits per heavy atom. The molecule has 1 saturated heterocycles. The van der Waals surface area contributed by atoms with Crippen molar-refractivity contribution in [2.75, 3.05) is 33.8 Å². The van der Waals surface area contributed by atoms with Gasteiger partial charge in [0.1, 0.15) is 23.9 Å². The van der Waals surface area contributed by atoms with Gasteiger partial charge < -0.3 is 19.6 Å². The Bertz CT molecular complexity index is 1090. The number of ketones is 1. The standard InChI is InChI=1S/C26H29FN2O4/c1-5-15-33-21-12-11-18(16-17(21)2)24(30)22-23(19-9-6-7-10-20(19)27)29(26(32)25(22)31)14-8-13-28(3)4/h5-7,9-12,16,23,30H,1,8,13-15H2,2-4H3. The molecule has 7 heteroatoms. The number of ether oxygens (including phenoxy) is 1. The number of likely N-dealkylation sites (tertiary alicyclic amines) is 1. The molecular formula is C26H29FN2O4. The number of aliphatic hydroxyl groups excluding tert-OH is 1. The van der Waals surface area contributed by atoms with E-state index in [0.29, 0.717) is 30.9 Å². The molecule has 1 heterocycles. The molecule has 0 aliphatic carbocycles. The van der Waals surface area contributed by atoms with Crippen molar-refractivity contribution in [3.63, 3.8) is 0 Å². The van der Waals surface area contributed by atoms with Crippen molar-refractivity contribution in [2.24, 2.45) is 0 Å². The van der Waals surface area contributed by atoms with Crippen LogP contribution in [-0.4, -0.2) is 60.4 Å². The third-order valence-corrected chi connectivity index (χ3v) is 5.55. The molecular weight excluding hydrogens is 423 g/mol. The second kappa shape index (κ2) is 10.4. The highest BCUT2D eigenvalue weighted by Crippen LogP contribution is 2.40. The van der Waals surface area contributed by atoms with Gasteiger partial charge in [-0.15, -0.1) is 0 Å². The number of amides is 1. The van der Waals surface area contributed by atoms with Crippen molar-refractivity contribution in [1.29, 1.82) is 0 Å². The second-order valence-electron chi connectivity index (χ2n) is 8.25. The summed E-state index contributed by atoms with van der Waals surface area (Å²) in [6.07, 6.45) is 2.22. The largest absolute Gasteiger partial charge is 0.507 e. The summed E-state index contributed by atoms with van der Waals surface area (Å²) < 4.78 is 20.4. The first-order valence-corrected chi connectivity index (χ1v) is 10.8. The lowest BCUT2D eigenvalue weighted by atomic mass is 9.94. The smallest absolute Gasteiger partial charge is 0.295 e. The Kier molecular flexibility index (Phi) is 7.66. The number of aryl methyl sites for hydroxylation is 1. The molecule has 0 saturated carbocycles. The van der Waals surface area contributed by atoms with Crippen LogP contribution in [0.15, 0.2) is 60.7 Å². The average Bonchev–Trinajstić information content (AvgIpc) is 3.02. The molecule has 3 rings (SSSR count). The van der Waals surface area contributed by atoms with E-state index >= 15 is 0 Å². The molecule has 1 amide bonds. The summed E-state index contributed by atoms with van der Waals surface area (Å²) >= 11 is 0. The highest BCUT2D eigenvalue weighted by Gasteiger charge is 2.46. The van der Waals surface area contributed by atoms with Gasteiger partial charge in [0.05, 0.1) is 11.6 Å². The van der Waals surface area contributed by atoms with Crippen LogP contribution in [0.4, 0.5) is 4.39 Å². The van der Waals surface area contributed by atoms with Crippen molar-refractivity contribution in [1.82, 2.24) is 9.80 Å². The Morgan fingerprint density at radius 2 is 1.97 bits per heavy atom. The zero-order chi connectivity index (χ0) is 24.1. The predicted octanol–water partition coefficient (Wildman–Crippen LogP) is 4.07. The average molecular weight is 453 g/mol. The summed E-state index contributed by atoms with van der Waals surface area (Å²) in [6, 6.07) is 9.96. The number of carbonyl (C=O) groups excluding carboxylic acids is 2. The Morgan fingerprint density at radius 3 is 2.61 bits per heavy atom. The van der Waals surface area contributed by atoms with Crippen molar-refractivity contribution in [2.45, 2.75) is 19.4 Å². The number of hydrogen-bond donors (Lipinski definition) is 1. The zero-order valence-corrected chi connectivity index (χ0v) is 19.2. The summed E-state index contributed by atoms with van der Waals surface area (Å²) in [7, 11) is 3.82. The van der Waals surface area contributed by atoms with Crippen molar-refractivity contribution in [3.8, 4) is 5.75 Å². The molecule has 2 aromatic rings. The zero-order valence-electron chi connectivity index (χ0n) is 19.2. The maximum Gasteiger partial charge on any atom is 0.295 e. The minimum Gasteiger partial charge on any atom is -0.507 e. The first-order valence-electron chi connectivity index (χ1n) is 10.8. The number of Topliss-reactive ketones (excluding diaryl/α,β-unsaturated/α-hetero) is 1. The fourth-order valence-corrected chi connectivity index (χ4v) is 3.95. The lowest BCUT2D eigenvalue weighted by Crippen LogP contribution is -2.32. The summed E-state index contributed by atoms with van der Waals surface area (Å²) in [5.74, 6) is -1.84. The number of hydrogen-bond acceptors (Lipinski definition) is 5. The first-order chi connectivity index (χ1) is 15.8. The topological polar surface area (TPSA) is 70.1 Å². The Hall–Kier alpha value is -3.45. The number of halogens is 1. The van der Waals surface area contributed by atoms with Crippen molar-refractivity contribution < 1.29 is 23.8 Å². The third-order valence-electron chi connectivity index (χ3n) is 5.55. The van der Waals surface area contributed by atoms with Crippen LogP contribution in [0.2, 0.25) is 0 Å². The second-order valence-corrected chi connectivity index (χ2v) is 8.25.